The van der Waals surface area contributed by atoms with Crippen molar-refractivity contribution in [2.24, 2.45) is 0 Å². The summed E-state index contributed by atoms with van der Waals surface area (Å²) in [5.74, 6) is 0.0219. The van der Waals surface area contributed by atoms with Crippen molar-refractivity contribution in [1.82, 2.24) is 5.32 Å². The van der Waals surface area contributed by atoms with Crippen LogP contribution in [0.15, 0.2) is 18.2 Å². The quantitative estimate of drug-likeness (QED) is 0.532. The summed E-state index contributed by atoms with van der Waals surface area (Å²) in [6.45, 7) is 5.91. The summed E-state index contributed by atoms with van der Waals surface area (Å²) in [5.41, 5.74) is 2.86. The van der Waals surface area contributed by atoms with E-state index >= 15 is 0 Å². The number of aryl methyl sites for hydroxylation is 1. The number of hydrogen-bond donors (Lipinski definition) is 1. The highest BCUT2D eigenvalue weighted by atomic mass is 16.5. The first-order valence-electron chi connectivity index (χ1n) is 7.63. The van der Waals surface area contributed by atoms with Crippen molar-refractivity contribution in [3.8, 4) is 0 Å². The van der Waals surface area contributed by atoms with Crippen molar-refractivity contribution in [3.05, 3.63) is 34.9 Å². The molecule has 0 heterocycles. The average molecular weight is 291 g/mol. The zero-order valence-electron chi connectivity index (χ0n) is 13.0. The number of ether oxygens (including phenoxy) is 1. The SMILES string of the molecule is CCCOCCNC(=O)CCc1cccc(C=O)c1CC. The van der Waals surface area contributed by atoms with Crippen LogP contribution in [-0.2, 0) is 22.4 Å². The topological polar surface area (TPSA) is 55.4 Å². The molecule has 4 heteroatoms. The molecule has 1 N–H and O–H groups in total. The summed E-state index contributed by atoms with van der Waals surface area (Å²) in [6.07, 6.45) is 3.76. The number of hydrogen-bond acceptors (Lipinski definition) is 3. The molecule has 0 fully saturated rings. The van der Waals surface area contributed by atoms with Gasteiger partial charge in [-0.15, -0.1) is 0 Å². The van der Waals surface area contributed by atoms with Gasteiger partial charge in [0.2, 0.25) is 5.91 Å². The van der Waals surface area contributed by atoms with Crippen molar-refractivity contribution in [2.75, 3.05) is 19.8 Å². The third-order valence-electron chi connectivity index (χ3n) is 3.33. The Morgan fingerprint density at radius 1 is 1.29 bits per heavy atom. The lowest BCUT2D eigenvalue weighted by molar-refractivity contribution is -0.121. The van der Waals surface area contributed by atoms with Crippen LogP contribution >= 0.6 is 0 Å². The highest BCUT2D eigenvalue weighted by molar-refractivity contribution is 5.79. The number of carbonyl (C=O) groups is 2. The van der Waals surface area contributed by atoms with Gasteiger partial charge in [0, 0.05) is 25.1 Å². The Bertz CT molecular complexity index is 457. The molecule has 1 rings (SSSR count). The number of nitrogens with one attached hydrogen (secondary N) is 1. The van der Waals surface area contributed by atoms with E-state index in [0.29, 0.717) is 26.0 Å². The molecular weight excluding hydrogens is 266 g/mol. The van der Waals surface area contributed by atoms with Crippen molar-refractivity contribution in [2.45, 2.75) is 39.5 Å². The summed E-state index contributed by atoms with van der Waals surface area (Å²) in [5, 5.41) is 2.84. The summed E-state index contributed by atoms with van der Waals surface area (Å²) < 4.78 is 5.31. The van der Waals surface area contributed by atoms with Gasteiger partial charge in [-0.1, -0.05) is 32.0 Å². The van der Waals surface area contributed by atoms with Gasteiger partial charge in [0.1, 0.15) is 6.29 Å². The maximum Gasteiger partial charge on any atom is 0.220 e. The van der Waals surface area contributed by atoms with Crippen LogP contribution in [0.25, 0.3) is 0 Å². The molecule has 0 bridgehead atoms. The summed E-state index contributed by atoms with van der Waals surface area (Å²) in [4.78, 5) is 22.8. The Hall–Kier alpha value is -1.68. The zero-order valence-corrected chi connectivity index (χ0v) is 13.0. The molecule has 0 saturated heterocycles. The van der Waals surface area contributed by atoms with Crippen LogP contribution in [0, 0.1) is 0 Å². The number of rotatable bonds is 10. The Kier molecular flexibility index (Phi) is 8.36. The monoisotopic (exact) mass is 291 g/mol. The van der Waals surface area contributed by atoms with Gasteiger partial charge in [-0.05, 0) is 30.4 Å². The van der Waals surface area contributed by atoms with Gasteiger partial charge in [0.25, 0.3) is 0 Å². The molecule has 0 atom stereocenters. The van der Waals surface area contributed by atoms with E-state index in [4.69, 9.17) is 4.74 Å². The molecule has 0 unspecified atom stereocenters. The molecule has 0 aliphatic heterocycles. The van der Waals surface area contributed by atoms with Crippen LogP contribution < -0.4 is 5.32 Å². The summed E-state index contributed by atoms with van der Waals surface area (Å²) >= 11 is 0. The molecule has 116 valence electrons. The van der Waals surface area contributed by atoms with Gasteiger partial charge in [0.05, 0.1) is 6.61 Å². The van der Waals surface area contributed by atoms with Crippen molar-refractivity contribution in [3.63, 3.8) is 0 Å². The van der Waals surface area contributed by atoms with E-state index in [1.54, 1.807) is 0 Å². The van der Waals surface area contributed by atoms with Gasteiger partial charge in [-0.2, -0.15) is 0 Å². The molecule has 0 aliphatic rings. The largest absolute Gasteiger partial charge is 0.380 e. The molecule has 0 spiro atoms. The van der Waals surface area contributed by atoms with Crippen LogP contribution in [0.5, 0.6) is 0 Å². The van der Waals surface area contributed by atoms with E-state index in [1.165, 1.54) is 0 Å². The standard InChI is InChI=1S/C17H25NO3/c1-3-11-21-12-10-18-17(20)9-8-14-6-5-7-15(13-19)16(14)4-2/h5-7,13H,3-4,8-12H2,1-2H3,(H,18,20). The lowest BCUT2D eigenvalue weighted by atomic mass is 9.96. The van der Waals surface area contributed by atoms with Crippen molar-refractivity contribution < 1.29 is 14.3 Å². The first-order chi connectivity index (χ1) is 10.2. The molecular formula is C17H25NO3. The van der Waals surface area contributed by atoms with Crippen LogP contribution in [0.2, 0.25) is 0 Å². The fraction of sp³-hybridized carbons (Fsp3) is 0.529. The average Bonchev–Trinajstić information content (AvgIpc) is 2.52. The van der Waals surface area contributed by atoms with E-state index in [1.807, 2.05) is 25.1 Å². The van der Waals surface area contributed by atoms with E-state index in [-0.39, 0.29) is 5.91 Å². The first kappa shape index (κ1) is 17.4. The highest BCUT2D eigenvalue weighted by Crippen LogP contribution is 2.16. The predicted molar refractivity (Wildman–Crippen MR) is 83.6 cm³/mol. The predicted octanol–water partition coefficient (Wildman–Crippen LogP) is 2.54. The summed E-state index contributed by atoms with van der Waals surface area (Å²) in [7, 11) is 0. The van der Waals surface area contributed by atoms with Crippen LogP contribution in [0.3, 0.4) is 0 Å². The van der Waals surface area contributed by atoms with E-state index in [2.05, 4.69) is 12.2 Å². The Morgan fingerprint density at radius 2 is 2.10 bits per heavy atom. The van der Waals surface area contributed by atoms with Gasteiger partial charge >= 0.3 is 0 Å². The second kappa shape index (κ2) is 10.1. The van der Waals surface area contributed by atoms with Crippen LogP contribution in [0.4, 0.5) is 0 Å². The third-order valence-corrected chi connectivity index (χ3v) is 3.33. The van der Waals surface area contributed by atoms with Gasteiger partial charge < -0.3 is 10.1 Å². The molecule has 1 aromatic carbocycles. The minimum absolute atomic E-state index is 0.0219. The molecule has 1 aromatic rings. The zero-order chi connectivity index (χ0) is 15.5. The Labute approximate surface area is 126 Å². The molecule has 4 nitrogen and oxygen atoms in total. The van der Waals surface area contributed by atoms with E-state index < -0.39 is 0 Å². The van der Waals surface area contributed by atoms with Crippen LogP contribution in [-0.4, -0.2) is 32.0 Å². The molecule has 0 saturated carbocycles. The molecule has 0 aromatic heterocycles. The number of carbonyl (C=O) groups excluding carboxylic acids is 2. The molecule has 1 amide bonds. The third kappa shape index (κ3) is 6.08. The summed E-state index contributed by atoms with van der Waals surface area (Å²) in [6, 6.07) is 5.68. The smallest absolute Gasteiger partial charge is 0.220 e. The molecule has 0 aliphatic carbocycles. The second-order valence-electron chi connectivity index (χ2n) is 4.92. The molecule has 21 heavy (non-hydrogen) atoms. The Morgan fingerprint density at radius 3 is 2.76 bits per heavy atom. The number of benzene rings is 1. The van der Waals surface area contributed by atoms with Gasteiger partial charge in [-0.3, -0.25) is 9.59 Å². The number of aldehydes is 1. The lowest BCUT2D eigenvalue weighted by Gasteiger charge is -2.10. The second-order valence-corrected chi connectivity index (χ2v) is 4.92. The maximum atomic E-state index is 11.8. The van der Waals surface area contributed by atoms with Gasteiger partial charge in [0.15, 0.2) is 0 Å². The normalized spacial score (nSPS) is 10.4. The van der Waals surface area contributed by atoms with E-state index in [0.717, 1.165) is 42.4 Å². The lowest BCUT2D eigenvalue weighted by Crippen LogP contribution is -2.27. The maximum absolute atomic E-state index is 11.8. The fourth-order valence-corrected chi connectivity index (χ4v) is 2.28. The van der Waals surface area contributed by atoms with Crippen molar-refractivity contribution >= 4 is 12.2 Å². The van der Waals surface area contributed by atoms with Crippen molar-refractivity contribution in [1.29, 1.82) is 0 Å². The highest BCUT2D eigenvalue weighted by Gasteiger charge is 2.08. The first-order valence-corrected chi connectivity index (χ1v) is 7.63. The van der Waals surface area contributed by atoms with E-state index in [9.17, 15) is 9.59 Å². The van der Waals surface area contributed by atoms with Crippen LogP contribution in [0.1, 0.15) is 48.2 Å². The minimum Gasteiger partial charge on any atom is -0.380 e. The van der Waals surface area contributed by atoms with Gasteiger partial charge in [-0.25, -0.2) is 0 Å². The minimum atomic E-state index is 0.0219. The fourth-order valence-electron chi connectivity index (χ4n) is 2.28. The Balaban J connectivity index is 2.41. The molecule has 0 radical (unpaired) electrons. The number of amides is 1.